The number of H-pyrrole nitrogens is 1. The largest absolute Gasteiger partial charge is 0.507 e. The summed E-state index contributed by atoms with van der Waals surface area (Å²) >= 11 is 0. The maximum Gasteiger partial charge on any atom is 0.300 e. The van der Waals surface area contributed by atoms with Crippen molar-refractivity contribution in [2.45, 2.75) is 6.04 Å². The summed E-state index contributed by atoms with van der Waals surface area (Å²) in [6, 6.07) is 17.0. The number of carbonyl (C=O) groups excluding carboxylic acids is 2. The molecule has 7 nitrogen and oxygen atoms in total. The highest BCUT2D eigenvalue weighted by atomic mass is 16.5. The molecule has 0 spiro atoms. The van der Waals surface area contributed by atoms with Crippen LogP contribution < -0.4 is 9.64 Å². The van der Waals surface area contributed by atoms with Crippen LogP contribution in [0.5, 0.6) is 5.75 Å². The Hall–Kier alpha value is -4.39. The first kappa shape index (κ1) is 19.6. The molecule has 1 amide bonds. The third-order valence-corrected chi connectivity index (χ3v) is 5.62. The predicted molar refractivity (Wildman–Crippen MR) is 120 cm³/mol. The van der Waals surface area contributed by atoms with E-state index in [2.05, 4.69) is 9.97 Å². The number of ether oxygens (including phenoxy) is 1. The summed E-state index contributed by atoms with van der Waals surface area (Å²) in [6.45, 7) is 0. The number of rotatable bonds is 4. The minimum Gasteiger partial charge on any atom is -0.507 e. The first-order chi connectivity index (χ1) is 15.6. The van der Waals surface area contributed by atoms with Crippen LogP contribution in [0.1, 0.15) is 17.2 Å². The number of fused-ring (bicyclic) bond motifs is 1. The standard InChI is InChI=1S/C25H19N3O4/c1-32-17-8-4-7-16(12-17)28-22(15-6-5-11-26-13-15)21(24(30)25(28)31)23(29)19-14-27-20-10-3-2-9-18(19)20/h2-14,22,27,29H,1H3/b23-21-. The number of carbonyl (C=O) groups is 2. The van der Waals surface area contributed by atoms with Crippen LogP contribution in [-0.2, 0) is 9.59 Å². The van der Waals surface area contributed by atoms with Crippen LogP contribution in [0.4, 0.5) is 5.69 Å². The predicted octanol–water partition coefficient (Wildman–Crippen LogP) is 4.20. The Labute approximate surface area is 183 Å². The second kappa shape index (κ2) is 7.70. The monoisotopic (exact) mass is 425 g/mol. The normalized spacial score (nSPS) is 17.8. The van der Waals surface area contributed by atoms with Crippen molar-refractivity contribution in [1.29, 1.82) is 0 Å². The summed E-state index contributed by atoms with van der Waals surface area (Å²) in [4.78, 5) is 35.1. The number of methoxy groups -OCH3 is 1. The molecule has 0 bridgehead atoms. The molecule has 1 atom stereocenters. The number of amides is 1. The van der Waals surface area contributed by atoms with Gasteiger partial charge < -0.3 is 14.8 Å². The maximum absolute atomic E-state index is 13.2. The number of aliphatic hydroxyl groups excluding tert-OH is 1. The minimum absolute atomic E-state index is 0.00979. The zero-order valence-corrected chi connectivity index (χ0v) is 17.1. The van der Waals surface area contributed by atoms with Crippen molar-refractivity contribution in [3.63, 3.8) is 0 Å². The van der Waals surface area contributed by atoms with Gasteiger partial charge in [-0.1, -0.05) is 30.3 Å². The summed E-state index contributed by atoms with van der Waals surface area (Å²) in [7, 11) is 1.53. The van der Waals surface area contributed by atoms with E-state index in [0.29, 0.717) is 22.6 Å². The number of pyridine rings is 1. The second-order valence-electron chi connectivity index (χ2n) is 7.40. The lowest BCUT2D eigenvalue weighted by molar-refractivity contribution is -0.132. The van der Waals surface area contributed by atoms with Crippen molar-refractivity contribution in [3.8, 4) is 5.75 Å². The topological polar surface area (TPSA) is 95.5 Å². The highest BCUT2D eigenvalue weighted by Crippen LogP contribution is 2.43. The summed E-state index contributed by atoms with van der Waals surface area (Å²) in [5, 5.41) is 12.1. The molecule has 2 N–H and O–H groups in total. The third-order valence-electron chi connectivity index (χ3n) is 5.62. The molecule has 4 aromatic rings. The van der Waals surface area contributed by atoms with Gasteiger partial charge in [-0.05, 0) is 29.8 Å². The van der Waals surface area contributed by atoms with Gasteiger partial charge in [-0.25, -0.2) is 0 Å². The lowest BCUT2D eigenvalue weighted by Gasteiger charge is -2.25. The Morgan fingerprint density at radius 3 is 2.72 bits per heavy atom. The highest BCUT2D eigenvalue weighted by Gasteiger charge is 2.47. The molecular formula is C25H19N3O4. The van der Waals surface area contributed by atoms with Crippen LogP contribution in [0.25, 0.3) is 16.7 Å². The Morgan fingerprint density at radius 1 is 1.09 bits per heavy atom. The highest BCUT2D eigenvalue weighted by molar-refractivity contribution is 6.51. The van der Waals surface area contributed by atoms with E-state index in [1.54, 1.807) is 55.0 Å². The first-order valence-electron chi connectivity index (χ1n) is 10.0. The molecule has 1 unspecified atom stereocenters. The Balaban J connectivity index is 1.75. The molecule has 7 heteroatoms. The van der Waals surface area contributed by atoms with Gasteiger partial charge in [0.25, 0.3) is 11.7 Å². The number of aromatic amines is 1. The van der Waals surface area contributed by atoms with Gasteiger partial charge in [0, 0.05) is 46.8 Å². The van der Waals surface area contributed by atoms with E-state index in [1.165, 1.54) is 12.0 Å². The molecule has 1 aliphatic heterocycles. The fourth-order valence-corrected chi connectivity index (χ4v) is 4.12. The van der Waals surface area contributed by atoms with Crippen LogP contribution in [0.3, 0.4) is 0 Å². The molecule has 2 aromatic carbocycles. The van der Waals surface area contributed by atoms with Gasteiger partial charge >= 0.3 is 0 Å². The third kappa shape index (κ3) is 3.02. The molecular weight excluding hydrogens is 406 g/mol. The number of hydrogen-bond donors (Lipinski definition) is 2. The smallest absolute Gasteiger partial charge is 0.300 e. The minimum atomic E-state index is -0.843. The van der Waals surface area contributed by atoms with Crippen molar-refractivity contribution < 1.29 is 19.4 Å². The molecule has 1 aliphatic rings. The number of anilines is 1. The van der Waals surface area contributed by atoms with Crippen molar-refractivity contribution in [2.24, 2.45) is 0 Å². The molecule has 0 saturated carbocycles. The average molecular weight is 425 g/mol. The van der Waals surface area contributed by atoms with Crippen molar-refractivity contribution in [1.82, 2.24) is 9.97 Å². The number of Topliss-reactive ketones (excluding diaryl/α,β-unsaturated/α-hetero) is 1. The van der Waals surface area contributed by atoms with Gasteiger partial charge in [0.15, 0.2) is 0 Å². The van der Waals surface area contributed by atoms with Crippen LogP contribution in [0.15, 0.2) is 84.8 Å². The quantitative estimate of drug-likeness (QED) is 0.290. The molecule has 1 fully saturated rings. The van der Waals surface area contributed by atoms with Gasteiger partial charge in [-0.2, -0.15) is 0 Å². The SMILES string of the molecule is COc1cccc(N2C(=O)C(=O)/C(=C(\O)c3c[nH]c4ccccc34)C2c2cccnc2)c1. The summed E-state index contributed by atoms with van der Waals surface area (Å²) in [5.74, 6) is -1.18. The van der Waals surface area contributed by atoms with Crippen molar-refractivity contribution in [3.05, 3.63) is 96.0 Å². The van der Waals surface area contributed by atoms with Crippen LogP contribution in [-0.4, -0.2) is 33.9 Å². The number of nitrogens with zero attached hydrogens (tertiary/aromatic N) is 2. The van der Waals surface area contributed by atoms with Gasteiger partial charge in [-0.15, -0.1) is 0 Å². The van der Waals surface area contributed by atoms with E-state index >= 15 is 0 Å². The van der Waals surface area contributed by atoms with Crippen molar-refractivity contribution >= 4 is 34.0 Å². The number of aromatic nitrogens is 2. The number of nitrogens with one attached hydrogen (secondary N) is 1. The molecule has 2 aromatic heterocycles. The van der Waals surface area contributed by atoms with Gasteiger partial charge in [-0.3, -0.25) is 19.5 Å². The first-order valence-corrected chi connectivity index (χ1v) is 10.0. The van der Waals surface area contributed by atoms with Crippen molar-refractivity contribution in [2.75, 3.05) is 12.0 Å². The molecule has 32 heavy (non-hydrogen) atoms. The van der Waals surface area contributed by atoms with E-state index < -0.39 is 17.7 Å². The molecule has 5 rings (SSSR count). The summed E-state index contributed by atoms with van der Waals surface area (Å²) < 4.78 is 5.30. The lowest BCUT2D eigenvalue weighted by atomic mass is 9.96. The van der Waals surface area contributed by atoms with E-state index in [9.17, 15) is 14.7 Å². The molecule has 0 aliphatic carbocycles. The molecule has 1 saturated heterocycles. The Kier molecular flexibility index (Phi) is 4.71. The lowest BCUT2D eigenvalue weighted by Crippen LogP contribution is -2.29. The Bertz CT molecular complexity index is 1370. The number of ketones is 1. The number of para-hydroxylation sites is 1. The second-order valence-corrected chi connectivity index (χ2v) is 7.40. The molecule has 3 heterocycles. The van der Waals surface area contributed by atoms with Crippen LogP contribution in [0, 0.1) is 0 Å². The Morgan fingerprint density at radius 2 is 1.94 bits per heavy atom. The van der Waals surface area contributed by atoms with E-state index in [4.69, 9.17) is 4.74 Å². The average Bonchev–Trinajstić information content (AvgIpc) is 3.38. The molecule has 0 radical (unpaired) electrons. The molecule has 158 valence electrons. The van der Waals surface area contributed by atoms with Crippen LogP contribution in [0.2, 0.25) is 0 Å². The zero-order chi connectivity index (χ0) is 22.2. The van der Waals surface area contributed by atoms with Gasteiger partial charge in [0.1, 0.15) is 11.5 Å². The fraction of sp³-hybridized carbons (Fsp3) is 0.0800. The number of benzene rings is 2. The van der Waals surface area contributed by atoms with E-state index in [-0.39, 0.29) is 11.3 Å². The van der Waals surface area contributed by atoms with Gasteiger partial charge in [0.05, 0.1) is 18.7 Å². The maximum atomic E-state index is 13.2. The fourth-order valence-electron chi connectivity index (χ4n) is 4.12. The summed E-state index contributed by atoms with van der Waals surface area (Å²) in [6.07, 6.45) is 4.84. The van der Waals surface area contributed by atoms with Gasteiger partial charge in [0.2, 0.25) is 0 Å². The summed E-state index contributed by atoms with van der Waals surface area (Å²) in [5.41, 5.74) is 2.37. The number of hydrogen-bond acceptors (Lipinski definition) is 5. The van der Waals surface area contributed by atoms with E-state index in [0.717, 1.165) is 10.9 Å². The zero-order valence-electron chi connectivity index (χ0n) is 17.1. The van der Waals surface area contributed by atoms with E-state index in [1.807, 2.05) is 24.3 Å². The number of aliphatic hydroxyl groups is 1. The van der Waals surface area contributed by atoms with Crippen LogP contribution >= 0.6 is 0 Å².